The van der Waals surface area contributed by atoms with Gasteiger partial charge >= 0.3 is 23.9 Å². The standard InChI is InChI=1S/4C26H34O5/c4*1-4-6-9-17(3)21(27)15-14-19-22(28)16-23-25(19)20-12-7-10-18(26(20)31-23)11-8-13-24(29)30-5-2/h4*7,10,12,14-15,17,19,21-23,25,27-28H,5,8-9,11,13,16H2,1-3H3/b4*15-14+/t2*17-,19+,21-,22-,23+,25+;2*17-,19-,21+,22+,23-,25-/m1010/s1. The Bertz CT molecular complexity index is 3960. The Hall–Kier alpha value is -9.16. The number of rotatable bonds is 36. The van der Waals surface area contributed by atoms with Gasteiger partial charge in [-0.05, 0) is 153 Å². The fourth-order valence-electron chi connectivity index (χ4n) is 18.5. The molecule has 4 aromatic carbocycles. The molecule has 124 heavy (non-hydrogen) atoms. The lowest BCUT2D eigenvalue weighted by atomic mass is 9.86. The molecule has 4 fully saturated rings. The summed E-state index contributed by atoms with van der Waals surface area (Å²) in [5.74, 6) is 26.5. The maximum Gasteiger partial charge on any atom is 0.305 e. The second kappa shape index (κ2) is 49.7. The molecule has 20 heteroatoms. The van der Waals surface area contributed by atoms with E-state index >= 15 is 0 Å². The highest BCUT2D eigenvalue weighted by atomic mass is 16.5. The van der Waals surface area contributed by atoms with E-state index in [1.807, 2.05) is 128 Å². The molecular formula is C104H136O20. The minimum atomic E-state index is -0.594. The van der Waals surface area contributed by atoms with Gasteiger partial charge in [0.25, 0.3) is 0 Å². The Balaban J connectivity index is 0.000000187. The van der Waals surface area contributed by atoms with Crippen LogP contribution in [0.3, 0.4) is 0 Å². The summed E-state index contributed by atoms with van der Waals surface area (Å²) in [7, 11) is 0. The molecule has 4 saturated carbocycles. The van der Waals surface area contributed by atoms with Gasteiger partial charge in [-0.3, -0.25) is 19.2 Å². The van der Waals surface area contributed by atoms with Crippen LogP contribution in [0.2, 0.25) is 0 Å². The fourth-order valence-corrected chi connectivity index (χ4v) is 18.5. The Morgan fingerprint density at radius 3 is 0.742 bits per heavy atom. The molecular weight excluding hydrogens is 1570 g/mol. The van der Waals surface area contributed by atoms with E-state index in [4.69, 9.17) is 37.9 Å². The topological polar surface area (TPSA) is 304 Å². The van der Waals surface area contributed by atoms with Crippen molar-refractivity contribution in [2.45, 2.75) is 308 Å². The molecule has 0 saturated heterocycles. The van der Waals surface area contributed by atoms with E-state index in [-0.39, 0.29) is 119 Å². The van der Waals surface area contributed by atoms with E-state index in [9.17, 15) is 60.0 Å². The highest BCUT2D eigenvalue weighted by Crippen LogP contribution is 2.56. The summed E-state index contributed by atoms with van der Waals surface area (Å²) in [5, 5.41) is 84.4. The molecule has 0 radical (unpaired) electrons. The molecule has 4 aliphatic carbocycles. The first-order valence-electron chi connectivity index (χ1n) is 45.4. The van der Waals surface area contributed by atoms with Crippen LogP contribution in [0.5, 0.6) is 23.0 Å². The molecule has 672 valence electrons. The quantitative estimate of drug-likeness (QED) is 0.00908. The van der Waals surface area contributed by atoms with Crippen LogP contribution in [0.4, 0.5) is 0 Å². The van der Waals surface area contributed by atoms with E-state index in [0.29, 0.717) is 129 Å². The lowest BCUT2D eigenvalue weighted by Gasteiger charge is -2.19. The van der Waals surface area contributed by atoms with E-state index in [1.54, 1.807) is 52.0 Å². The predicted molar refractivity (Wildman–Crippen MR) is 479 cm³/mol. The van der Waals surface area contributed by atoms with Crippen molar-refractivity contribution in [2.75, 3.05) is 26.4 Å². The first-order valence-corrected chi connectivity index (χ1v) is 45.4. The van der Waals surface area contributed by atoms with Crippen LogP contribution in [0.25, 0.3) is 0 Å². The number of carbonyl (C=O) groups is 4. The number of para-hydroxylation sites is 4. The van der Waals surface area contributed by atoms with Gasteiger partial charge in [0, 0.05) is 147 Å². The molecule has 0 spiro atoms. The van der Waals surface area contributed by atoms with Gasteiger partial charge in [0.05, 0.1) is 75.3 Å². The number of aliphatic hydroxyl groups is 8. The summed E-state index contributed by atoms with van der Waals surface area (Å²) < 4.78 is 45.2. The number of esters is 4. The predicted octanol–water partition coefficient (Wildman–Crippen LogP) is 15.1. The summed E-state index contributed by atoms with van der Waals surface area (Å²) in [6, 6.07) is 24.6. The molecule has 4 heterocycles. The third kappa shape index (κ3) is 26.5. The summed E-state index contributed by atoms with van der Waals surface area (Å²) in [4.78, 5) is 46.5. The first kappa shape index (κ1) is 98.6. The molecule has 24 atom stereocenters. The Labute approximate surface area is 736 Å². The summed E-state index contributed by atoms with van der Waals surface area (Å²) in [5.41, 5.74) is 8.85. The van der Waals surface area contributed by atoms with Gasteiger partial charge in [0.1, 0.15) is 47.4 Å². The van der Waals surface area contributed by atoms with E-state index in [0.717, 1.165) is 93.2 Å². The number of carbonyl (C=O) groups excluding carboxylic acids is 4. The Morgan fingerprint density at radius 2 is 0.556 bits per heavy atom. The molecule has 0 bridgehead atoms. The monoisotopic (exact) mass is 1700 g/mol. The Kier molecular flexibility index (Phi) is 39.5. The van der Waals surface area contributed by atoms with Crippen molar-refractivity contribution >= 4 is 23.9 Å². The van der Waals surface area contributed by atoms with E-state index in [2.05, 4.69) is 71.6 Å². The zero-order valence-corrected chi connectivity index (χ0v) is 74.9. The average molecular weight is 1710 g/mol. The number of aryl methyl sites for hydroxylation is 4. The van der Waals surface area contributed by atoms with Gasteiger partial charge in [-0.2, -0.15) is 0 Å². The maximum absolute atomic E-state index is 11.6. The smallest absolute Gasteiger partial charge is 0.305 e. The highest BCUT2D eigenvalue weighted by Gasteiger charge is 2.53. The summed E-state index contributed by atoms with van der Waals surface area (Å²) in [6.07, 6.45) is 22.7. The SMILES string of the molecule is CC#CC[C@@H](C)[C@@H](O)/C=C/[C@H]1[C@@H]2c3cccc(CCCC(=O)OCC)c3O[C@@H]2C[C@@H]1O.CC#CC[C@@H](C)[C@H](O)/C=C/[C@@H]1[C@H]2c3cccc(CCCC(=O)OCC)c3O[C@H]2C[C@H]1O.CC#CC[C@H](C)[C@@H](O)/C=C/[C@H]1[C@@H]2c3cccc(CCCC(=O)OCC)c3O[C@@H]2C[C@@H]1O.CC#CC[C@H](C)[C@H](O)/C=C/[C@@H]1[C@H]2c3cccc(CCCC(=O)OCC)c3O[C@H]2C[C@H]1O. The molecule has 8 N–H and O–H groups in total. The molecule has 0 amide bonds. The molecule has 20 nitrogen and oxygen atoms in total. The molecule has 0 unspecified atom stereocenters. The van der Waals surface area contributed by atoms with E-state index in [1.165, 1.54) is 0 Å². The second-order valence-corrected chi connectivity index (χ2v) is 34.2. The van der Waals surface area contributed by atoms with Crippen LogP contribution in [-0.2, 0) is 63.8 Å². The van der Waals surface area contributed by atoms with Gasteiger partial charge in [-0.25, -0.2) is 0 Å². The lowest BCUT2D eigenvalue weighted by molar-refractivity contribution is -0.144. The number of fused-ring (bicyclic) bond motifs is 12. The first-order chi connectivity index (χ1) is 59.8. The number of aliphatic hydroxyl groups excluding tert-OH is 8. The second-order valence-electron chi connectivity index (χ2n) is 34.2. The van der Waals surface area contributed by atoms with Gasteiger partial charge in [-0.15, -0.1) is 47.4 Å². The van der Waals surface area contributed by atoms with Crippen LogP contribution in [0.15, 0.2) is 121 Å². The van der Waals surface area contributed by atoms with Crippen LogP contribution in [-0.4, -0.2) is 164 Å². The molecule has 0 aromatic heterocycles. The normalized spacial score (nSPS) is 25.8. The van der Waals surface area contributed by atoms with Crippen molar-refractivity contribution in [2.24, 2.45) is 47.3 Å². The largest absolute Gasteiger partial charge is 0.489 e. The summed E-state index contributed by atoms with van der Waals surface area (Å²) >= 11 is 0. The molecule has 4 aromatic rings. The number of hydrogen-bond donors (Lipinski definition) is 8. The Morgan fingerprint density at radius 1 is 0.355 bits per heavy atom. The van der Waals surface area contributed by atoms with Crippen molar-refractivity contribution in [3.63, 3.8) is 0 Å². The van der Waals surface area contributed by atoms with E-state index < -0.39 is 48.8 Å². The highest BCUT2D eigenvalue weighted by molar-refractivity contribution is 5.71. The maximum atomic E-state index is 11.6. The van der Waals surface area contributed by atoms with Gasteiger partial charge in [0.2, 0.25) is 0 Å². The van der Waals surface area contributed by atoms with Crippen molar-refractivity contribution in [1.82, 2.24) is 0 Å². The summed E-state index contributed by atoms with van der Waals surface area (Å²) in [6.45, 7) is 24.0. The fraction of sp³-hybridized carbons (Fsp3) is 0.577. The third-order valence-corrected chi connectivity index (χ3v) is 25.3. The van der Waals surface area contributed by atoms with Gasteiger partial charge in [-0.1, -0.05) is 149 Å². The van der Waals surface area contributed by atoms with Gasteiger partial charge < -0.3 is 78.7 Å². The molecule has 4 aliphatic heterocycles. The number of hydrogen-bond acceptors (Lipinski definition) is 20. The van der Waals surface area contributed by atoms with Crippen molar-refractivity contribution in [3.8, 4) is 70.4 Å². The van der Waals surface area contributed by atoms with Crippen LogP contribution >= 0.6 is 0 Å². The van der Waals surface area contributed by atoms with Crippen molar-refractivity contribution < 1.29 is 97.9 Å². The van der Waals surface area contributed by atoms with Gasteiger partial charge in [0.15, 0.2) is 0 Å². The zero-order valence-electron chi connectivity index (χ0n) is 74.9. The molecule has 12 rings (SSSR count). The minimum absolute atomic E-state index is 0.0381. The molecule has 8 aliphatic rings. The van der Waals surface area contributed by atoms with Crippen LogP contribution in [0, 0.1) is 94.7 Å². The van der Waals surface area contributed by atoms with Crippen LogP contribution in [0.1, 0.15) is 254 Å². The average Bonchev–Trinajstić information content (AvgIpc) is 1.62. The zero-order chi connectivity index (χ0) is 89.5. The third-order valence-electron chi connectivity index (χ3n) is 25.3. The number of ether oxygens (including phenoxy) is 8. The van der Waals surface area contributed by atoms with Crippen molar-refractivity contribution in [3.05, 3.63) is 166 Å². The minimum Gasteiger partial charge on any atom is -0.489 e. The van der Waals surface area contributed by atoms with Crippen molar-refractivity contribution in [1.29, 1.82) is 0 Å². The van der Waals surface area contributed by atoms with Crippen LogP contribution < -0.4 is 18.9 Å². The lowest BCUT2D eigenvalue weighted by Crippen LogP contribution is -2.19. The number of benzene rings is 4.